The first-order chi connectivity index (χ1) is 7.65. The Morgan fingerprint density at radius 1 is 1.56 bits per heavy atom. The Kier molecular flexibility index (Phi) is 5.06. The molecule has 0 aliphatic heterocycles. The first kappa shape index (κ1) is 12.8. The first-order valence-corrected chi connectivity index (χ1v) is 5.89. The van der Waals surface area contributed by atoms with Gasteiger partial charge >= 0.3 is 6.21 Å². The fraction of sp³-hybridized carbons (Fsp3) is 0.750. The third-order valence-corrected chi connectivity index (χ3v) is 3.24. The van der Waals surface area contributed by atoms with Crippen LogP contribution < -0.4 is 0 Å². The van der Waals surface area contributed by atoms with Crippen molar-refractivity contribution in [3.8, 4) is 0 Å². The van der Waals surface area contributed by atoms with E-state index >= 15 is 0 Å². The summed E-state index contributed by atoms with van der Waals surface area (Å²) < 4.78 is 0. The zero-order chi connectivity index (χ0) is 12.0. The number of hydrogen-bond donors (Lipinski definition) is 0. The second-order valence-electron chi connectivity index (χ2n) is 4.55. The number of ketones is 2. The molecule has 0 aromatic carbocycles. The van der Waals surface area contributed by atoms with Gasteiger partial charge in [-0.2, -0.15) is 4.79 Å². The molecule has 0 saturated heterocycles. The molecule has 0 spiro atoms. The van der Waals surface area contributed by atoms with Gasteiger partial charge in [0.15, 0.2) is 0 Å². The van der Waals surface area contributed by atoms with Crippen LogP contribution in [-0.2, 0) is 9.59 Å². The highest BCUT2D eigenvalue weighted by molar-refractivity contribution is 6.26. The van der Waals surface area contributed by atoms with Crippen LogP contribution in [0, 0.1) is 11.8 Å². The number of nitrogens with zero attached hydrogens (tertiary/aromatic N) is 2. The van der Waals surface area contributed by atoms with Crippen molar-refractivity contribution in [1.82, 2.24) is 0 Å². The van der Waals surface area contributed by atoms with Crippen molar-refractivity contribution < 1.29 is 14.4 Å². The Morgan fingerprint density at radius 3 is 3.00 bits per heavy atom. The molecule has 1 aliphatic carbocycles. The quantitative estimate of drug-likeness (QED) is 0.316. The van der Waals surface area contributed by atoms with Gasteiger partial charge in [-0.25, -0.2) is 0 Å². The molecule has 0 aromatic rings. The summed E-state index contributed by atoms with van der Waals surface area (Å²) in [6.45, 7) is 1.78. The molecule has 0 radical (unpaired) electrons. The number of hydrogen-bond acceptors (Lipinski definition) is 2. The van der Waals surface area contributed by atoms with Crippen molar-refractivity contribution in [3.63, 3.8) is 0 Å². The molecule has 0 N–H and O–H groups in total. The lowest BCUT2D eigenvalue weighted by Crippen LogP contribution is -2.21. The van der Waals surface area contributed by atoms with Gasteiger partial charge in [-0.05, 0) is 19.3 Å². The summed E-state index contributed by atoms with van der Waals surface area (Å²) in [5.41, 5.74) is 8.27. The predicted octanol–water partition coefficient (Wildman–Crippen LogP) is 2.03. The van der Waals surface area contributed by atoms with Crippen molar-refractivity contribution in [2.75, 3.05) is 0 Å². The van der Waals surface area contributed by atoms with Crippen LogP contribution in [0.25, 0.3) is 5.53 Å². The van der Waals surface area contributed by atoms with Crippen LogP contribution in [0.1, 0.15) is 45.4 Å². The lowest BCUT2D eigenvalue weighted by atomic mass is 9.87. The van der Waals surface area contributed by atoms with E-state index in [0.717, 1.165) is 31.9 Å². The van der Waals surface area contributed by atoms with Gasteiger partial charge in [-0.3, -0.25) is 9.59 Å². The summed E-state index contributed by atoms with van der Waals surface area (Å²) >= 11 is 0. The highest BCUT2D eigenvalue weighted by atomic mass is 16.1. The molecule has 4 heteroatoms. The van der Waals surface area contributed by atoms with E-state index in [-0.39, 0.29) is 23.4 Å². The number of rotatable bonds is 4. The molecule has 0 bridgehead atoms. The SMILES string of the molecule is CC(CC1CCCCCC1=O)C(=O)C=[N+]=[N-]. The molecule has 0 heterocycles. The Morgan fingerprint density at radius 2 is 2.31 bits per heavy atom. The monoisotopic (exact) mass is 222 g/mol. The lowest BCUT2D eigenvalue weighted by Gasteiger charge is -2.15. The van der Waals surface area contributed by atoms with Crippen molar-refractivity contribution in [3.05, 3.63) is 5.53 Å². The molecule has 1 rings (SSSR count). The van der Waals surface area contributed by atoms with Gasteiger partial charge in [-0.1, -0.05) is 19.8 Å². The fourth-order valence-electron chi connectivity index (χ4n) is 2.21. The van der Waals surface area contributed by atoms with Crippen molar-refractivity contribution in [2.45, 2.75) is 45.4 Å². The Balaban J connectivity index is 2.54. The van der Waals surface area contributed by atoms with Crippen molar-refractivity contribution >= 4 is 17.8 Å². The summed E-state index contributed by atoms with van der Waals surface area (Å²) in [4.78, 5) is 25.9. The number of Topliss-reactive ketones (excluding diaryl/α,β-unsaturated/α-hetero) is 2. The van der Waals surface area contributed by atoms with Gasteiger partial charge in [0, 0.05) is 18.3 Å². The summed E-state index contributed by atoms with van der Waals surface area (Å²) in [6, 6.07) is 0. The Labute approximate surface area is 95.7 Å². The van der Waals surface area contributed by atoms with E-state index in [1.165, 1.54) is 0 Å². The zero-order valence-electron chi connectivity index (χ0n) is 9.69. The van der Waals surface area contributed by atoms with Crippen LogP contribution >= 0.6 is 0 Å². The van der Waals surface area contributed by atoms with Gasteiger partial charge in [-0.15, -0.1) is 0 Å². The van der Waals surface area contributed by atoms with Crippen LogP contribution in [0.4, 0.5) is 0 Å². The maximum absolute atomic E-state index is 11.7. The van der Waals surface area contributed by atoms with Crippen LogP contribution in [0.15, 0.2) is 0 Å². The summed E-state index contributed by atoms with van der Waals surface area (Å²) in [5, 5.41) is 0. The van der Waals surface area contributed by atoms with E-state index in [1.807, 2.05) is 0 Å². The van der Waals surface area contributed by atoms with E-state index in [4.69, 9.17) is 5.53 Å². The molecule has 88 valence electrons. The van der Waals surface area contributed by atoms with Gasteiger partial charge in [0.05, 0.1) is 0 Å². The number of carbonyl (C=O) groups is 2. The summed E-state index contributed by atoms with van der Waals surface area (Å²) in [5.74, 6) is -0.130. The second-order valence-corrected chi connectivity index (χ2v) is 4.55. The molecule has 2 atom stereocenters. The molecule has 2 unspecified atom stereocenters. The maximum Gasteiger partial charge on any atom is 0.323 e. The van der Waals surface area contributed by atoms with Gasteiger partial charge < -0.3 is 5.53 Å². The van der Waals surface area contributed by atoms with Crippen LogP contribution in [-0.4, -0.2) is 22.6 Å². The Bertz CT molecular complexity index is 319. The lowest BCUT2D eigenvalue weighted by molar-refractivity contribution is -0.124. The normalized spacial score (nSPS) is 23.1. The summed E-state index contributed by atoms with van der Waals surface area (Å²) in [7, 11) is 0. The van der Waals surface area contributed by atoms with E-state index in [2.05, 4.69) is 4.79 Å². The zero-order valence-corrected chi connectivity index (χ0v) is 9.69. The van der Waals surface area contributed by atoms with Gasteiger partial charge in [0.25, 0.3) is 0 Å². The topological polar surface area (TPSA) is 70.5 Å². The smallest absolute Gasteiger partial charge is 0.323 e. The predicted molar refractivity (Wildman–Crippen MR) is 60.1 cm³/mol. The molecule has 16 heavy (non-hydrogen) atoms. The fourth-order valence-corrected chi connectivity index (χ4v) is 2.21. The van der Waals surface area contributed by atoms with E-state index in [9.17, 15) is 9.59 Å². The van der Waals surface area contributed by atoms with E-state index in [1.54, 1.807) is 6.92 Å². The molecule has 1 fully saturated rings. The van der Waals surface area contributed by atoms with Crippen LogP contribution in [0.5, 0.6) is 0 Å². The van der Waals surface area contributed by atoms with E-state index in [0.29, 0.717) is 12.8 Å². The largest absolute Gasteiger partial charge is 0.361 e. The molecule has 1 saturated carbocycles. The van der Waals surface area contributed by atoms with Crippen LogP contribution in [0.3, 0.4) is 0 Å². The highest BCUT2D eigenvalue weighted by Gasteiger charge is 2.25. The average Bonchev–Trinajstić information content (AvgIpc) is 2.45. The Hall–Kier alpha value is -1.28. The molecular formula is C12H18N2O2. The van der Waals surface area contributed by atoms with Crippen molar-refractivity contribution in [2.24, 2.45) is 11.8 Å². The van der Waals surface area contributed by atoms with Crippen LogP contribution in [0.2, 0.25) is 0 Å². The minimum Gasteiger partial charge on any atom is -0.361 e. The van der Waals surface area contributed by atoms with Gasteiger partial charge in [0.2, 0.25) is 5.78 Å². The molecular weight excluding hydrogens is 204 g/mol. The van der Waals surface area contributed by atoms with E-state index < -0.39 is 0 Å². The summed E-state index contributed by atoms with van der Waals surface area (Å²) in [6.07, 6.45) is 6.23. The number of carbonyl (C=O) groups excluding carboxylic acids is 2. The second kappa shape index (κ2) is 6.33. The minimum atomic E-state index is -0.233. The highest BCUT2D eigenvalue weighted by Crippen LogP contribution is 2.25. The molecule has 1 aliphatic rings. The first-order valence-electron chi connectivity index (χ1n) is 5.89. The third kappa shape index (κ3) is 3.70. The minimum absolute atomic E-state index is 0.0218. The average molecular weight is 222 g/mol. The third-order valence-electron chi connectivity index (χ3n) is 3.24. The van der Waals surface area contributed by atoms with Crippen molar-refractivity contribution in [1.29, 1.82) is 0 Å². The molecule has 0 amide bonds. The maximum atomic E-state index is 11.7. The standard InChI is InChI=1S/C12H18N2O2/c1-9(12(16)8-14-13)7-10-5-3-2-4-6-11(10)15/h8-10H,2-7H2,1H3. The molecule has 0 aromatic heterocycles. The van der Waals surface area contributed by atoms with Gasteiger partial charge in [0.1, 0.15) is 5.78 Å². The molecule has 4 nitrogen and oxygen atoms in total.